The molecular weight excluding hydrogens is 230 g/mol. The lowest BCUT2D eigenvalue weighted by atomic mass is 10.3. The highest BCUT2D eigenvalue weighted by Crippen LogP contribution is 2.15. The van der Waals surface area contributed by atoms with E-state index in [2.05, 4.69) is 9.97 Å². The molecule has 1 atom stereocenters. The number of rotatable bonds is 5. The van der Waals surface area contributed by atoms with E-state index < -0.39 is 6.10 Å². The van der Waals surface area contributed by atoms with Gasteiger partial charge in [-0.15, -0.1) is 0 Å². The van der Waals surface area contributed by atoms with E-state index in [-0.39, 0.29) is 0 Å². The summed E-state index contributed by atoms with van der Waals surface area (Å²) >= 11 is 5.87. The molecule has 5 nitrogen and oxygen atoms in total. The number of anilines is 1. The van der Waals surface area contributed by atoms with Gasteiger partial charge >= 0.3 is 0 Å². The van der Waals surface area contributed by atoms with Crippen molar-refractivity contribution in [1.82, 2.24) is 9.97 Å². The summed E-state index contributed by atoms with van der Waals surface area (Å²) in [4.78, 5) is 10.1. The Labute approximate surface area is 100 Å². The van der Waals surface area contributed by atoms with Crippen LogP contribution < -0.4 is 4.90 Å². The van der Waals surface area contributed by atoms with E-state index in [1.165, 1.54) is 0 Å². The first kappa shape index (κ1) is 13.2. The standard InChI is InChI=1S/C10H16ClN3O2/c1-7(15)5-14(2)10-4-8(11)12-9(13-10)6-16-3/h4,7,15H,5-6H2,1-3H3. The summed E-state index contributed by atoms with van der Waals surface area (Å²) in [6.07, 6.45) is -0.426. The molecule has 0 saturated carbocycles. The molecule has 1 N–H and O–H groups in total. The van der Waals surface area contributed by atoms with Gasteiger partial charge in [-0.2, -0.15) is 0 Å². The number of methoxy groups -OCH3 is 1. The van der Waals surface area contributed by atoms with Gasteiger partial charge in [0.15, 0.2) is 5.82 Å². The van der Waals surface area contributed by atoms with E-state index >= 15 is 0 Å². The maximum absolute atomic E-state index is 9.28. The summed E-state index contributed by atoms with van der Waals surface area (Å²) in [7, 11) is 3.41. The second-order valence-electron chi connectivity index (χ2n) is 3.63. The molecule has 90 valence electrons. The number of ether oxygens (including phenoxy) is 1. The summed E-state index contributed by atoms with van der Waals surface area (Å²) in [5.41, 5.74) is 0. The van der Waals surface area contributed by atoms with Gasteiger partial charge < -0.3 is 14.7 Å². The van der Waals surface area contributed by atoms with Gasteiger partial charge in [0.2, 0.25) is 0 Å². The maximum Gasteiger partial charge on any atom is 0.158 e. The Hall–Kier alpha value is -0.910. The molecule has 0 saturated heterocycles. The first-order chi connectivity index (χ1) is 7.52. The molecule has 1 unspecified atom stereocenters. The molecule has 0 aliphatic heterocycles. The molecule has 1 heterocycles. The Morgan fingerprint density at radius 1 is 1.56 bits per heavy atom. The van der Waals surface area contributed by atoms with E-state index in [0.717, 1.165) is 0 Å². The van der Waals surface area contributed by atoms with Crippen molar-refractivity contribution in [3.8, 4) is 0 Å². The van der Waals surface area contributed by atoms with Gasteiger partial charge in [0, 0.05) is 26.8 Å². The Morgan fingerprint density at radius 2 is 2.25 bits per heavy atom. The predicted octanol–water partition coefficient (Wildman–Crippen LogP) is 1.09. The number of hydrogen-bond donors (Lipinski definition) is 1. The van der Waals surface area contributed by atoms with Crippen molar-refractivity contribution in [3.05, 3.63) is 17.0 Å². The van der Waals surface area contributed by atoms with Crippen LogP contribution in [0.3, 0.4) is 0 Å². The number of nitrogens with zero attached hydrogens (tertiary/aromatic N) is 3. The van der Waals surface area contributed by atoms with E-state index in [1.807, 2.05) is 11.9 Å². The van der Waals surface area contributed by atoms with Gasteiger partial charge in [-0.3, -0.25) is 0 Å². The second-order valence-corrected chi connectivity index (χ2v) is 4.01. The highest BCUT2D eigenvalue weighted by atomic mass is 35.5. The fourth-order valence-electron chi connectivity index (χ4n) is 1.33. The largest absolute Gasteiger partial charge is 0.392 e. The van der Waals surface area contributed by atoms with Crippen LogP contribution in [0.2, 0.25) is 5.15 Å². The zero-order valence-electron chi connectivity index (χ0n) is 9.64. The Kier molecular flexibility index (Phi) is 4.92. The average Bonchev–Trinajstić information content (AvgIpc) is 2.16. The van der Waals surface area contributed by atoms with Crippen molar-refractivity contribution in [3.63, 3.8) is 0 Å². The van der Waals surface area contributed by atoms with E-state index in [4.69, 9.17) is 16.3 Å². The van der Waals surface area contributed by atoms with Gasteiger partial charge in [0.1, 0.15) is 17.6 Å². The molecule has 0 radical (unpaired) electrons. The molecule has 1 aromatic heterocycles. The van der Waals surface area contributed by atoms with Crippen LogP contribution in [0.25, 0.3) is 0 Å². The van der Waals surface area contributed by atoms with Crippen molar-refractivity contribution in [2.24, 2.45) is 0 Å². The first-order valence-corrected chi connectivity index (χ1v) is 5.32. The summed E-state index contributed by atoms with van der Waals surface area (Å²) in [5, 5.41) is 9.65. The fraction of sp³-hybridized carbons (Fsp3) is 0.600. The summed E-state index contributed by atoms with van der Waals surface area (Å²) in [6.45, 7) is 2.52. The Bertz CT molecular complexity index is 347. The van der Waals surface area contributed by atoms with E-state index in [1.54, 1.807) is 20.1 Å². The first-order valence-electron chi connectivity index (χ1n) is 4.94. The van der Waals surface area contributed by atoms with Crippen LogP contribution in [0, 0.1) is 0 Å². The quantitative estimate of drug-likeness (QED) is 0.787. The normalized spacial score (nSPS) is 12.6. The molecule has 0 aliphatic carbocycles. The van der Waals surface area contributed by atoms with Crippen LogP contribution in [0.15, 0.2) is 6.07 Å². The molecular formula is C10H16ClN3O2. The Balaban J connectivity index is 2.86. The van der Waals surface area contributed by atoms with Crippen molar-refractivity contribution in [2.45, 2.75) is 19.6 Å². The minimum atomic E-state index is -0.426. The lowest BCUT2D eigenvalue weighted by Gasteiger charge is -2.20. The van der Waals surface area contributed by atoms with Crippen molar-refractivity contribution < 1.29 is 9.84 Å². The van der Waals surface area contributed by atoms with Crippen molar-refractivity contribution in [1.29, 1.82) is 0 Å². The number of aliphatic hydroxyl groups is 1. The van der Waals surface area contributed by atoms with Crippen LogP contribution in [-0.2, 0) is 11.3 Å². The number of likely N-dealkylation sites (N-methyl/N-ethyl adjacent to an activating group) is 1. The molecule has 0 bridgehead atoms. The van der Waals surface area contributed by atoms with Gasteiger partial charge in [0.05, 0.1) is 6.10 Å². The second kappa shape index (κ2) is 5.98. The highest BCUT2D eigenvalue weighted by Gasteiger charge is 2.09. The lowest BCUT2D eigenvalue weighted by molar-refractivity contribution is 0.177. The molecule has 6 heteroatoms. The van der Waals surface area contributed by atoms with E-state index in [0.29, 0.717) is 29.9 Å². The topological polar surface area (TPSA) is 58.5 Å². The summed E-state index contributed by atoms with van der Waals surface area (Å²) in [6, 6.07) is 1.66. The highest BCUT2D eigenvalue weighted by molar-refractivity contribution is 6.29. The zero-order chi connectivity index (χ0) is 12.1. The number of aromatic nitrogens is 2. The molecule has 0 fully saturated rings. The summed E-state index contributed by atoms with van der Waals surface area (Å²) < 4.78 is 4.95. The minimum absolute atomic E-state index is 0.316. The smallest absolute Gasteiger partial charge is 0.158 e. The van der Waals surface area contributed by atoms with E-state index in [9.17, 15) is 5.11 Å². The summed E-state index contributed by atoms with van der Waals surface area (Å²) in [5.74, 6) is 1.20. The average molecular weight is 246 g/mol. The zero-order valence-corrected chi connectivity index (χ0v) is 10.4. The molecule has 0 aromatic carbocycles. The molecule has 0 amide bonds. The molecule has 16 heavy (non-hydrogen) atoms. The fourth-order valence-corrected chi connectivity index (χ4v) is 1.53. The van der Waals surface area contributed by atoms with Gasteiger partial charge in [-0.25, -0.2) is 9.97 Å². The monoisotopic (exact) mass is 245 g/mol. The van der Waals surface area contributed by atoms with Crippen LogP contribution in [0.5, 0.6) is 0 Å². The van der Waals surface area contributed by atoms with Gasteiger partial charge in [0.25, 0.3) is 0 Å². The Morgan fingerprint density at radius 3 is 2.81 bits per heavy atom. The molecule has 1 aromatic rings. The SMILES string of the molecule is COCc1nc(Cl)cc(N(C)CC(C)O)n1. The number of halogens is 1. The van der Waals surface area contributed by atoms with Crippen molar-refractivity contribution >= 4 is 17.4 Å². The van der Waals surface area contributed by atoms with Crippen LogP contribution in [-0.4, -0.2) is 41.9 Å². The lowest BCUT2D eigenvalue weighted by Crippen LogP contribution is -2.28. The van der Waals surface area contributed by atoms with Gasteiger partial charge in [-0.05, 0) is 6.92 Å². The van der Waals surface area contributed by atoms with Crippen LogP contribution in [0.4, 0.5) is 5.82 Å². The van der Waals surface area contributed by atoms with Crippen molar-refractivity contribution in [2.75, 3.05) is 25.6 Å². The number of aliphatic hydroxyl groups excluding tert-OH is 1. The molecule has 0 spiro atoms. The third-order valence-electron chi connectivity index (χ3n) is 1.93. The third kappa shape index (κ3) is 3.92. The van der Waals surface area contributed by atoms with Crippen LogP contribution >= 0.6 is 11.6 Å². The predicted molar refractivity (Wildman–Crippen MR) is 62.7 cm³/mol. The molecule has 0 aliphatic rings. The molecule has 1 rings (SSSR count). The van der Waals surface area contributed by atoms with Gasteiger partial charge in [-0.1, -0.05) is 11.6 Å². The minimum Gasteiger partial charge on any atom is -0.392 e. The number of hydrogen-bond acceptors (Lipinski definition) is 5. The third-order valence-corrected chi connectivity index (χ3v) is 2.12. The van der Waals surface area contributed by atoms with Crippen LogP contribution in [0.1, 0.15) is 12.7 Å². The maximum atomic E-state index is 9.28.